The van der Waals surface area contributed by atoms with Crippen molar-refractivity contribution in [1.29, 1.82) is 0 Å². The van der Waals surface area contributed by atoms with Crippen LogP contribution in [-0.2, 0) is 20.7 Å². The molecular weight excluding hydrogens is 411 g/mol. The Morgan fingerprint density at radius 1 is 1.22 bits per heavy atom. The summed E-state index contributed by atoms with van der Waals surface area (Å²) in [6.07, 6.45) is 1.14. The van der Waals surface area contributed by atoms with Crippen molar-refractivity contribution in [2.75, 3.05) is 33.4 Å². The zero-order valence-corrected chi connectivity index (χ0v) is 18.9. The number of hydrogen-bond acceptors (Lipinski definition) is 4. The lowest BCUT2D eigenvalue weighted by Crippen LogP contribution is -2.41. The van der Waals surface area contributed by atoms with Gasteiger partial charge in [0.05, 0.1) is 12.6 Å². The van der Waals surface area contributed by atoms with E-state index in [0.29, 0.717) is 38.3 Å². The molecule has 7 heteroatoms. The number of methoxy groups -OCH3 is 1. The molecule has 1 aliphatic rings. The first-order chi connectivity index (χ1) is 15.4. The minimum absolute atomic E-state index is 0.0451. The number of hydrogen-bond donors (Lipinski definition) is 1. The first-order valence-electron chi connectivity index (χ1n) is 10.9. The summed E-state index contributed by atoms with van der Waals surface area (Å²) in [6, 6.07) is 11.6. The van der Waals surface area contributed by atoms with Crippen LogP contribution in [0.15, 0.2) is 42.5 Å². The minimum atomic E-state index is -0.403. The number of halogens is 1. The average Bonchev–Trinajstić information content (AvgIpc) is 2.76. The first-order valence-corrected chi connectivity index (χ1v) is 10.9. The second kappa shape index (κ2) is 11.1. The number of ether oxygens (including phenoxy) is 2. The minimum Gasteiger partial charge on any atom is -0.484 e. The van der Waals surface area contributed by atoms with Gasteiger partial charge in [0.15, 0.2) is 6.61 Å². The molecule has 1 aliphatic heterocycles. The van der Waals surface area contributed by atoms with E-state index >= 15 is 0 Å². The van der Waals surface area contributed by atoms with E-state index in [4.69, 9.17) is 9.47 Å². The number of rotatable bonds is 9. The Kier molecular flexibility index (Phi) is 8.22. The maximum Gasteiger partial charge on any atom is 0.258 e. The van der Waals surface area contributed by atoms with Crippen LogP contribution in [0.2, 0.25) is 0 Å². The number of amides is 2. The Balaban J connectivity index is 1.87. The summed E-state index contributed by atoms with van der Waals surface area (Å²) in [7, 11) is 1.57. The Morgan fingerprint density at radius 3 is 2.75 bits per heavy atom. The van der Waals surface area contributed by atoms with E-state index in [1.807, 2.05) is 43.0 Å². The highest BCUT2D eigenvalue weighted by atomic mass is 19.1. The van der Waals surface area contributed by atoms with Crippen molar-refractivity contribution in [2.45, 2.75) is 32.7 Å². The lowest BCUT2D eigenvalue weighted by Gasteiger charge is -2.38. The molecule has 1 heterocycles. The molecule has 2 amide bonds. The Bertz CT molecular complexity index is 947. The highest BCUT2D eigenvalue weighted by Crippen LogP contribution is 2.38. The van der Waals surface area contributed by atoms with Crippen LogP contribution in [0.5, 0.6) is 5.75 Å². The topological polar surface area (TPSA) is 67.9 Å². The maximum absolute atomic E-state index is 14.1. The zero-order valence-electron chi connectivity index (χ0n) is 18.9. The Labute approximate surface area is 188 Å². The van der Waals surface area contributed by atoms with E-state index in [2.05, 4.69) is 5.32 Å². The SMILES string of the molecule is COCCNC(=O)COc1ccc2c(c1)C(c1cccc(F)c1)N(C(=O)CC(C)C)CC2. The van der Waals surface area contributed by atoms with E-state index in [-0.39, 0.29) is 30.2 Å². The summed E-state index contributed by atoms with van der Waals surface area (Å²) in [5.41, 5.74) is 2.71. The summed E-state index contributed by atoms with van der Waals surface area (Å²) >= 11 is 0. The van der Waals surface area contributed by atoms with Crippen LogP contribution in [0.3, 0.4) is 0 Å². The monoisotopic (exact) mass is 442 g/mol. The zero-order chi connectivity index (χ0) is 23.1. The molecule has 2 aromatic rings. The summed E-state index contributed by atoms with van der Waals surface area (Å²) in [5, 5.41) is 2.71. The molecule has 0 aliphatic carbocycles. The van der Waals surface area contributed by atoms with Gasteiger partial charge >= 0.3 is 0 Å². The van der Waals surface area contributed by atoms with Gasteiger partial charge in [-0.2, -0.15) is 0 Å². The van der Waals surface area contributed by atoms with Crippen molar-refractivity contribution in [3.8, 4) is 5.75 Å². The molecule has 1 atom stereocenters. The van der Waals surface area contributed by atoms with Gasteiger partial charge in [0.1, 0.15) is 11.6 Å². The van der Waals surface area contributed by atoms with E-state index in [1.165, 1.54) is 12.1 Å². The van der Waals surface area contributed by atoms with E-state index < -0.39 is 6.04 Å². The molecule has 1 N–H and O–H groups in total. The molecule has 0 aromatic heterocycles. The predicted octanol–water partition coefficient (Wildman–Crippen LogP) is 3.49. The predicted molar refractivity (Wildman–Crippen MR) is 120 cm³/mol. The molecular formula is C25H31FN2O4. The number of carbonyl (C=O) groups is 2. The largest absolute Gasteiger partial charge is 0.484 e. The highest BCUT2D eigenvalue weighted by Gasteiger charge is 2.32. The van der Waals surface area contributed by atoms with Gasteiger partial charge in [-0.25, -0.2) is 4.39 Å². The van der Waals surface area contributed by atoms with Crippen molar-refractivity contribution in [3.63, 3.8) is 0 Å². The highest BCUT2D eigenvalue weighted by molar-refractivity contribution is 5.78. The number of fused-ring (bicyclic) bond motifs is 1. The summed E-state index contributed by atoms with van der Waals surface area (Å²) in [5.74, 6) is 0.221. The molecule has 0 saturated heterocycles. The van der Waals surface area contributed by atoms with Gasteiger partial charge in [0, 0.05) is 26.6 Å². The van der Waals surface area contributed by atoms with E-state index in [9.17, 15) is 14.0 Å². The Morgan fingerprint density at radius 2 is 2.03 bits per heavy atom. The van der Waals surface area contributed by atoms with E-state index in [0.717, 1.165) is 16.7 Å². The lowest BCUT2D eigenvalue weighted by molar-refractivity contribution is -0.134. The molecule has 0 saturated carbocycles. The van der Waals surface area contributed by atoms with Crippen molar-refractivity contribution in [1.82, 2.24) is 10.2 Å². The summed E-state index contributed by atoms with van der Waals surface area (Å²) < 4.78 is 24.7. The molecule has 0 bridgehead atoms. The fourth-order valence-electron chi connectivity index (χ4n) is 3.95. The van der Waals surface area contributed by atoms with Crippen LogP contribution in [0.4, 0.5) is 4.39 Å². The fraction of sp³-hybridized carbons (Fsp3) is 0.440. The Hall–Kier alpha value is -2.93. The number of nitrogens with zero attached hydrogens (tertiary/aromatic N) is 1. The maximum atomic E-state index is 14.1. The van der Waals surface area contributed by atoms with Crippen molar-refractivity contribution >= 4 is 11.8 Å². The van der Waals surface area contributed by atoms with Crippen LogP contribution in [0, 0.1) is 11.7 Å². The third-order valence-electron chi connectivity index (χ3n) is 5.41. The van der Waals surface area contributed by atoms with Crippen molar-refractivity contribution in [2.24, 2.45) is 5.92 Å². The van der Waals surface area contributed by atoms with Crippen LogP contribution < -0.4 is 10.1 Å². The summed E-state index contributed by atoms with van der Waals surface area (Å²) in [6.45, 7) is 5.32. The second-order valence-corrected chi connectivity index (χ2v) is 8.38. The average molecular weight is 443 g/mol. The van der Waals surface area contributed by atoms with Crippen molar-refractivity contribution < 1.29 is 23.5 Å². The van der Waals surface area contributed by atoms with Crippen LogP contribution in [0.1, 0.15) is 43.0 Å². The quantitative estimate of drug-likeness (QED) is 0.604. The summed E-state index contributed by atoms with van der Waals surface area (Å²) in [4.78, 5) is 26.8. The molecule has 32 heavy (non-hydrogen) atoms. The van der Waals surface area contributed by atoms with Gasteiger partial charge in [-0.1, -0.05) is 32.0 Å². The third-order valence-corrected chi connectivity index (χ3v) is 5.41. The molecule has 0 radical (unpaired) electrons. The normalized spacial score (nSPS) is 15.4. The van der Waals surface area contributed by atoms with E-state index in [1.54, 1.807) is 13.2 Å². The van der Waals surface area contributed by atoms with Crippen LogP contribution in [-0.4, -0.2) is 50.1 Å². The van der Waals surface area contributed by atoms with Gasteiger partial charge in [-0.3, -0.25) is 9.59 Å². The molecule has 0 fully saturated rings. The first kappa shape index (κ1) is 23.7. The lowest BCUT2D eigenvalue weighted by atomic mass is 9.87. The third kappa shape index (κ3) is 6.07. The van der Waals surface area contributed by atoms with Crippen LogP contribution in [0.25, 0.3) is 0 Å². The molecule has 3 rings (SSSR count). The standard InChI is InChI=1S/C25H31FN2O4/c1-17(2)13-24(30)28-11-9-18-7-8-21(32-16-23(29)27-10-12-31-3)15-22(18)25(28)19-5-4-6-20(26)14-19/h4-8,14-15,17,25H,9-13,16H2,1-3H3,(H,27,29). The fourth-order valence-corrected chi connectivity index (χ4v) is 3.95. The van der Waals surface area contributed by atoms with Gasteiger partial charge in [-0.15, -0.1) is 0 Å². The molecule has 6 nitrogen and oxygen atoms in total. The number of nitrogens with one attached hydrogen (secondary N) is 1. The number of benzene rings is 2. The molecule has 1 unspecified atom stereocenters. The second-order valence-electron chi connectivity index (χ2n) is 8.38. The number of carbonyl (C=O) groups excluding carboxylic acids is 2. The van der Waals surface area contributed by atoms with Crippen molar-refractivity contribution in [3.05, 3.63) is 65.0 Å². The molecule has 0 spiro atoms. The van der Waals surface area contributed by atoms with Crippen LogP contribution >= 0.6 is 0 Å². The van der Waals surface area contributed by atoms with Gasteiger partial charge in [0.2, 0.25) is 5.91 Å². The van der Waals surface area contributed by atoms with Gasteiger partial charge in [0.25, 0.3) is 5.91 Å². The van der Waals surface area contributed by atoms with Gasteiger partial charge in [-0.05, 0) is 53.3 Å². The molecule has 172 valence electrons. The smallest absolute Gasteiger partial charge is 0.258 e. The van der Waals surface area contributed by atoms with Gasteiger partial charge < -0.3 is 19.7 Å². The molecule has 2 aromatic carbocycles.